The number of amides is 2. The monoisotopic (exact) mass is 620 g/mol. The molecule has 1 unspecified atom stereocenters. The van der Waals surface area contributed by atoms with E-state index < -0.39 is 56.8 Å². The quantitative estimate of drug-likeness (QED) is 0.424. The van der Waals surface area contributed by atoms with Crippen LogP contribution in [0.2, 0.25) is 0 Å². The third-order valence-corrected chi connectivity index (χ3v) is 9.84. The van der Waals surface area contributed by atoms with E-state index in [1.165, 1.54) is 30.2 Å². The molecule has 8 nitrogen and oxygen atoms in total. The maximum atomic E-state index is 13.5. The molecule has 1 aliphatic heterocycles. The van der Waals surface area contributed by atoms with Gasteiger partial charge >= 0.3 is 12.4 Å². The number of halogens is 6. The van der Waals surface area contributed by atoms with Gasteiger partial charge < -0.3 is 20.1 Å². The number of carbonyl (C=O) groups is 2. The van der Waals surface area contributed by atoms with Crippen molar-refractivity contribution >= 4 is 27.3 Å². The summed E-state index contributed by atoms with van der Waals surface area (Å²) in [5.74, 6) is -1.28. The van der Waals surface area contributed by atoms with Gasteiger partial charge in [-0.25, -0.2) is 8.42 Å². The maximum Gasteiger partial charge on any atom is 0.430 e. The molecule has 0 saturated heterocycles. The Balaban J connectivity index is 1.44. The third kappa shape index (κ3) is 5.15. The van der Waals surface area contributed by atoms with E-state index in [-0.39, 0.29) is 28.8 Å². The number of fused-ring (bicyclic) bond motifs is 1. The van der Waals surface area contributed by atoms with Crippen LogP contribution in [0, 0.1) is 5.92 Å². The summed E-state index contributed by atoms with van der Waals surface area (Å²) in [6.07, 6.45) is -9.72. The molecule has 228 valence electrons. The first kappa shape index (κ1) is 30.3. The standard InChI is InChI=1S/C27H26F6N2O6S/c1-41-24(10-11-24)23(37)35-13-16-12-19(42(39,40)14-15-2-3-15)8-9-20(16)21(35)22(36)34-18-6-4-17(5-7-18)25(38,26(28,29)30)27(31,32)33/h4-9,12,15,21,38H,2-3,10-11,13-14H2,1H3,(H,34,36). The first-order chi connectivity index (χ1) is 19.4. The molecule has 2 N–H and O–H groups in total. The van der Waals surface area contributed by atoms with Crippen LogP contribution in [0.1, 0.15) is 48.4 Å². The number of ether oxygens (including phenoxy) is 1. The zero-order chi connectivity index (χ0) is 30.9. The van der Waals surface area contributed by atoms with E-state index in [1.807, 2.05) is 0 Å². The second-order valence-corrected chi connectivity index (χ2v) is 12.9. The minimum Gasteiger partial charge on any atom is -0.369 e. The Morgan fingerprint density at radius 2 is 1.62 bits per heavy atom. The summed E-state index contributed by atoms with van der Waals surface area (Å²) in [5.41, 5.74) is -7.26. The third-order valence-electron chi connectivity index (χ3n) is 7.96. The van der Waals surface area contributed by atoms with E-state index in [0.29, 0.717) is 36.1 Å². The fraction of sp³-hybridized carbons (Fsp3) is 0.481. The molecule has 2 fully saturated rings. The zero-order valence-corrected chi connectivity index (χ0v) is 22.9. The van der Waals surface area contributed by atoms with E-state index in [0.717, 1.165) is 25.0 Å². The number of anilines is 1. The fourth-order valence-electron chi connectivity index (χ4n) is 5.16. The van der Waals surface area contributed by atoms with Crippen molar-refractivity contribution in [1.29, 1.82) is 0 Å². The highest BCUT2D eigenvalue weighted by atomic mass is 32.2. The number of carbonyl (C=O) groups excluding carboxylic acids is 2. The van der Waals surface area contributed by atoms with Crippen molar-refractivity contribution in [2.75, 3.05) is 18.2 Å². The van der Waals surface area contributed by atoms with Crippen molar-refractivity contribution in [2.24, 2.45) is 5.92 Å². The minimum absolute atomic E-state index is 0.0149. The molecule has 2 saturated carbocycles. The van der Waals surface area contributed by atoms with Crippen LogP contribution in [0.3, 0.4) is 0 Å². The molecule has 2 aromatic rings. The van der Waals surface area contributed by atoms with Gasteiger partial charge in [-0.15, -0.1) is 0 Å². The number of alkyl halides is 6. The number of methoxy groups -OCH3 is 1. The number of nitrogens with zero attached hydrogens (tertiary/aromatic N) is 1. The van der Waals surface area contributed by atoms with Crippen LogP contribution in [0.4, 0.5) is 32.0 Å². The van der Waals surface area contributed by atoms with Crippen molar-refractivity contribution in [3.05, 3.63) is 59.2 Å². The largest absolute Gasteiger partial charge is 0.430 e. The number of hydrogen-bond acceptors (Lipinski definition) is 6. The second-order valence-electron chi connectivity index (χ2n) is 10.9. The molecule has 42 heavy (non-hydrogen) atoms. The molecule has 2 aromatic carbocycles. The van der Waals surface area contributed by atoms with Crippen molar-refractivity contribution < 1.29 is 54.2 Å². The van der Waals surface area contributed by atoms with Gasteiger partial charge in [-0.3, -0.25) is 9.59 Å². The molecule has 15 heteroatoms. The summed E-state index contributed by atoms with van der Waals surface area (Å²) in [4.78, 5) is 28.2. The predicted octanol–water partition coefficient (Wildman–Crippen LogP) is 4.38. The summed E-state index contributed by atoms with van der Waals surface area (Å²) in [7, 11) is -2.27. The molecule has 0 spiro atoms. The second kappa shape index (κ2) is 9.95. The Morgan fingerprint density at radius 1 is 1.02 bits per heavy atom. The average Bonchev–Trinajstić information content (AvgIpc) is 3.84. The highest BCUT2D eigenvalue weighted by Crippen LogP contribution is 2.50. The van der Waals surface area contributed by atoms with Gasteiger partial charge in [0.25, 0.3) is 17.4 Å². The summed E-state index contributed by atoms with van der Waals surface area (Å²) in [5, 5.41) is 12.0. The Bertz CT molecular complexity index is 1500. The highest BCUT2D eigenvalue weighted by molar-refractivity contribution is 7.91. The Hall–Kier alpha value is -3.17. The van der Waals surface area contributed by atoms with Crippen LogP contribution in [0.15, 0.2) is 47.4 Å². The van der Waals surface area contributed by atoms with Gasteiger partial charge in [0.05, 0.1) is 10.6 Å². The normalized spacial score (nSPS) is 20.3. The van der Waals surface area contributed by atoms with E-state index in [9.17, 15) is 49.5 Å². The first-order valence-electron chi connectivity index (χ1n) is 12.9. The lowest BCUT2D eigenvalue weighted by molar-refractivity contribution is -0.376. The van der Waals surface area contributed by atoms with Crippen LogP contribution >= 0.6 is 0 Å². The van der Waals surface area contributed by atoms with Gasteiger partial charge in [0.1, 0.15) is 11.6 Å². The van der Waals surface area contributed by atoms with Gasteiger partial charge in [0.2, 0.25) is 0 Å². The van der Waals surface area contributed by atoms with Crippen LogP contribution in [0.5, 0.6) is 0 Å². The maximum absolute atomic E-state index is 13.5. The fourth-order valence-corrected chi connectivity index (χ4v) is 6.90. The van der Waals surface area contributed by atoms with Crippen LogP contribution in [-0.4, -0.2) is 61.1 Å². The molecular formula is C27H26F6N2O6S. The number of nitrogens with one attached hydrogen (secondary N) is 1. The minimum atomic E-state index is -6.07. The number of benzene rings is 2. The van der Waals surface area contributed by atoms with Crippen molar-refractivity contribution in [1.82, 2.24) is 4.90 Å². The molecule has 3 aliphatic rings. The number of sulfone groups is 1. The molecule has 0 radical (unpaired) electrons. The SMILES string of the molecule is COC1(C(=O)N2Cc3cc(S(=O)(=O)CC4CC4)ccc3C2C(=O)Nc2ccc(C(O)(C(F)(F)F)C(F)(F)F)cc2)CC1. The van der Waals surface area contributed by atoms with Crippen LogP contribution in [0.25, 0.3) is 0 Å². The Labute approximate surface area is 236 Å². The molecule has 0 bridgehead atoms. The highest BCUT2D eigenvalue weighted by Gasteiger charge is 2.71. The van der Waals surface area contributed by atoms with Gasteiger partial charge in [0.15, 0.2) is 9.84 Å². The van der Waals surface area contributed by atoms with E-state index in [1.54, 1.807) is 0 Å². The van der Waals surface area contributed by atoms with Crippen molar-refractivity contribution in [2.45, 2.75) is 66.7 Å². The summed E-state index contributed by atoms with van der Waals surface area (Å²) < 4.78 is 110. The van der Waals surface area contributed by atoms with Crippen molar-refractivity contribution in [3.8, 4) is 0 Å². The predicted molar refractivity (Wildman–Crippen MR) is 135 cm³/mol. The van der Waals surface area contributed by atoms with Gasteiger partial charge in [-0.1, -0.05) is 18.2 Å². The molecule has 0 aromatic heterocycles. The Morgan fingerprint density at radius 3 is 2.12 bits per heavy atom. The molecular weight excluding hydrogens is 594 g/mol. The van der Waals surface area contributed by atoms with Crippen LogP contribution < -0.4 is 5.32 Å². The van der Waals surface area contributed by atoms with Crippen LogP contribution in [-0.2, 0) is 36.3 Å². The van der Waals surface area contributed by atoms with Crippen molar-refractivity contribution in [3.63, 3.8) is 0 Å². The molecule has 1 heterocycles. The summed E-state index contributed by atoms with van der Waals surface area (Å²) in [6, 6.07) is 5.21. The average molecular weight is 621 g/mol. The molecule has 1 atom stereocenters. The summed E-state index contributed by atoms with van der Waals surface area (Å²) in [6.45, 7) is -0.118. The molecule has 2 amide bonds. The summed E-state index contributed by atoms with van der Waals surface area (Å²) >= 11 is 0. The number of rotatable bonds is 8. The van der Waals surface area contributed by atoms with E-state index >= 15 is 0 Å². The van der Waals surface area contributed by atoms with Gasteiger partial charge in [-0.05, 0) is 67.0 Å². The molecule has 5 rings (SSSR count). The first-order valence-corrected chi connectivity index (χ1v) is 14.6. The smallest absolute Gasteiger partial charge is 0.369 e. The lowest BCUT2D eigenvalue weighted by Gasteiger charge is -2.32. The lowest BCUT2D eigenvalue weighted by atomic mass is 9.92. The van der Waals surface area contributed by atoms with Gasteiger partial charge in [-0.2, -0.15) is 26.3 Å². The topological polar surface area (TPSA) is 113 Å². The van der Waals surface area contributed by atoms with E-state index in [2.05, 4.69) is 5.32 Å². The zero-order valence-electron chi connectivity index (χ0n) is 22.1. The number of hydrogen-bond donors (Lipinski definition) is 2. The number of aliphatic hydroxyl groups is 1. The lowest BCUT2D eigenvalue weighted by Crippen LogP contribution is -2.53. The Kier molecular flexibility index (Phi) is 7.17. The molecule has 2 aliphatic carbocycles. The van der Waals surface area contributed by atoms with Gasteiger partial charge in [0, 0.05) is 24.9 Å². The van der Waals surface area contributed by atoms with E-state index in [4.69, 9.17) is 4.74 Å².